The van der Waals surface area contributed by atoms with Gasteiger partial charge in [0.05, 0.1) is 25.8 Å². The van der Waals surface area contributed by atoms with Crippen LogP contribution in [0, 0.1) is 0 Å². The lowest BCUT2D eigenvalue weighted by atomic mass is 9.75. The zero-order valence-electron chi connectivity index (χ0n) is 15.1. The highest BCUT2D eigenvalue weighted by Crippen LogP contribution is 2.40. The highest BCUT2D eigenvalue weighted by molar-refractivity contribution is 5.91. The minimum Gasteiger partial charge on any atom is -0.497 e. The SMILES string of the molecule is CNC[C@H]1[C@@H](c2ccccc2)[C@@H](CO)N1C(=O)Nc1cccc(OC)c1. The maximum absolute atomic E-state index is 12.9. The number of nitrogens with zero attached hydrogens (tertiary/aromatic N) is 1. The monoisotopic (exact) mass is 355 g/mol. The Morgan fingerprint density at radius 3 is 2.58 bits per heavy atom. The summed E-state index contributed by atoms with van der Waals surface area (Å²) in [5, 5.41) is 16.0. The number of rotatable bonds is 6. The van der Waals surface area contributed by atoms with Gasteiger partial charge >= 0.3 is 6.03 Å². The Hall–Kier alpha value is -2.57. The van der Waals surface area contributed by atoms with Gasteiger partial charge in [-0.15, -0.1) is 0 Å². The molecule has 2 amide bonds. The molecule has 1 fully saturated rings. The van der Waals surface area contributed by atoms with Gasteiger partial charge in [0.25, 0.3) is 0 Å². The van der Waals surface area contributed by atoms with Crippen molar-refractivity contribution in [3.8, 4) is 5.75 Å². The van der Waals surface area contributed by atoms with Crippen LogP contribution in [-0.4, -0.2) is 55.4 Å². The standard InChI is InChI=1S/C20H25N3O3/c1-21-12-17-19(14-7-4-3-5-8-14)18(13-24)23(17)20(25)22-15-9-6-10-16(11-15)26-2/h3-11,17-19,21,24H,12-13H2,1-2H3,(H,22,25)/t17-,18+,19+/m0/s1. The molecule has 2 aromatic carbocycles. The molecule has 0 radical (unpaired) electrons. The van der Waals surface area contributed by atoms with Gasteiger partial charge in [0, 0.05) is 24.2 Å². The lowest BCUT2D eigenvalue weighted by Crippen LogP contribution is -2.69. The number of benzene rings is 2. The van der Waals surface area contributed by atoms with Crippen molar-refractivity contribution in [2.45, 2.75) is 18.0 Å². The normalized spacial score (nSPS) is 21.8. The van der Waals surface area contributed by atoms with Gasteiger partial charge in [-0.2, -0.15) is 0 Å². The molecule has 0 aliphatic carbocycles. The van der Waals surface area contributed by atoms with Crippen molar-refractivity contribution in [2.24, 2.45) is 0 Å². The van der Waals surface area contributed by atoms with E-state index in [1.54, 1.807) is 18.1 Å². The van der Waals surface area contributed by atoms with Crippen LogP contribution >= 0.6 is 0 Å². The third-order valence-electron chi connectivity index (χ3n) is 4.88. The lowest BCUT2D eigenvalue weighted by Gasteiger charge is -2.54. The molecule has 1 aliphatic heterocycles. The number of hydrogen-bond acceptors (Lipinski definition) is 4. The quantitative estimate of drug-likeness (QED) is 0.743. The summed E-state index contributed by atoms with van der Waals surface area (Å²) in [7, 11) is 3.46. The average molecular weight is 355 g/mol. The molecule has 26 heavy (non-hydrogen) atoms. The Morgan fingerprint density at radius 2 is 1.92 bits per heavy atom. The van der Waals surface area contributed by atoms with Gasteiger partial charge in [0.1, 0.15) is 5.75 Å². The zero-order valence-corrected chi connectivity index (χ0v) is 15.1. The lowest BCUT2D eigenvalue weighted by molar-refractivity contribution is -0.00156. The third-order valence-corrected chi connectivity index (χ3v) is 4.88. The number of ether oxygens (including phenoxy) is 1. The second-order valence-corrected chi connectivity index (χ2v) is 6.38. The Kier molecular flexibility index (Phi) is 5.75. The molecule has 1 heterocycles. The molecule has 1 saturated heterocycles. The van der Waals surface area contributed by atoms with Crippen LogP contribution < -0.4 is 15.4 Å². The maximum Gasteiger partial charge on any atom is 0.322 e. The van der Waals surface area contributed by atoms with E-state index in [1.807, 2.05) is 55.6 Å². The van der Waals surface area contributed by atoms with Crippen LogP contribution in [0.2, 0.25) is 0 Å². The van der Waals surface area contributed by atoms with Crippen LogP contribution in [0.1, 0.15) is 11.5 Å². The summed E-state index contributed by atoms with van der Waals surface area (Å²) in [5.41, 5.74) is 1.80. The molecule has 0 aromatic heterocycles. The number of methoxy groups -OCH3 is 1. The molecule has 6 nitrogen and oxygen atoms in total. The second kappa shape index (κ2) is 8.21. The van der Waals surface area contributed by atoms with Crippen LogP contribution in [0.4, 0.5) is 10.5 Å². The van der Waals surface area contributed by atoms with Crippen LogP contribution in [0.5, 0.6) is 5.75 Å². The first-order valence-electron chi connectivity index (χ1n) is 8.73. The number of likely N-dealkylation sites (N-methyl/N-ethyl adjacent to an activating group) is 1. The molecule has 0 bridgehead atoms. The van der Waals surface area contributed by atoms with Crippen LogP contribution in [0.25, 0.3) is 0 Å². The minimum atomic E-state index is -0.249. The number of carbonyl (C=O) groups excluding carboxylic acids is 1. The van der Waals surface area contributed by atoms with Crippen LogP contribution in [0.15, 0.2) is 54.6 Å². The fourth-order valence-electron chi connectivity index (χ4n) is 3.69. The zero-order chi connectivity index (χ0) is 18.5. The fraction of sp³-hybridized carbons (Fsp3) is 0.350. The molecule has 3 atom stereocenters. The van der Waals surface area contributed by atoms with Gasteiger partial charge in [-0.3, -0.25) is 0 Å². The number of aliphatic hydroxyl groups is 1. The molecule has 2 aromatic rings. The van der Waals surface area contributed by atoms with Gasteiger partial charge in [0.2, 0.25) is 0 Å². The fourth-order valence-corrected chi connectivity index (χ4v) is 3.69. The van der Waals surface area contributed by atoms with Gasteiger partial charge in [-0.05, 0) is 24.7 Å². The van der Waals surface area contributed by atoms with E-state index >= 15 is 0 Å². The largest absolute Gasteiger partial charge is 0.497 e. The topological polar surface area (TPSA) is 73.8 Å². The van der Waals surface area contributed by atoms with Gasteiger partial charge < -0.3 is 25.4 Å². The molecule has 138 valence electrons. The smallest absolute Gasteiger partial charge is 0.322 e. The van der Waals surface area contributed by atoms with Gasteiger partial charge in [-0.1, -0.05) is 36.4 Å². The molecular weight excluding hydrogens is 330 g/mol. The summed E-state index contributed by atoms with van der Waals surface area (Å²) < 4.78 is 5.20. The van der Waals surface area contributed by atoms with E-state index < -0.39 is 0 Å². The van der Waals surface area contributed by atoms with Crippen molar-refractivity contribution in [3.63, 3.8) is 0 Å². The Labute approximate surface area is 153 Å². The summed E-state index contributed by atoms with van der Waals surface area (Å²) >= 11 is 0. The van der Waals surface area contributed by atoms with Gasteiger partial charge in [0.15, 0.2) is 0 Å². The van der Waals surface area contributed by atoms with E-state index in [2.05, 4.69) is 10.6 Å². The minimum absolute atomic E-state index is 0.0230. The first-order chi connectivity index (χ1) is 12.7. The van der Waals surface area contributed by atoms with Crippen molar-refractivity contribution in [1.82, 2.24) is 10.2 Å². The van der Waals surface area contributed by atoms with Gasteiger partial charge in [-0.25, -0.2) is 4.79 Å². The van der Waals surface area contributed by atoms with E-state index in [0.29, 0.717) is 18.0 Å². The Morgan fingerprint density at radius 1 is 1.15 bits per heavy atom. The van der Waals surface area contributed by atoms with Crippen LogP contribution in [0.3, 0.4) is 0 Å². The summed E-state index contributed by atoms with van der Waals surface area (Å²) in [6.45, 7) is 0.576. The van der Waals surface area contributed by atoms with E-state index in [9.17, 15) is 9.90 Å². The average Bonchev–Trinajstić information content (AvgIpc) is 2.65. The second-order valence-electron chi connectivity index (χ2n) is 6.38. The van der Waals surface area contributed by atoms with Crippen molar-refractivity contribution >= 4 is 11.7 Å². The predicted molar refractivity (Wildman–Crippen MR) is 102 cm³/mol. The highest BCUT2D eigenvalue weighted by atomic mass is 16.5. The number of hydrogen-bond donors (Lipinski definition) is 3. The maximum atomic E-state index is 12.9. The number of urea groups is 1. The van der Waals surface area contributed by atoms with E-state index in [0.717, 1.165) is 5.56 Å². The summed E-state index contributed by atoms with van der Waals surface area (Å²) in [6.07, 6.45) is 0. The molecule has 6 heteroatoms. The number of amides is 2. The number of nitrogens with one attached hydrogen (secondary N) is 2. The van der Waals surface area contributed by atoms with E-state index in [-0.39, 0.29) is 30.6 Å². The van der Waals surface area contributed by atoms with E-state index in [1.165, 1.54) is 0 Å². The van der Waals surface area contributed by atoms with Crippen molar-refractivity contribution in [1.29, 1.82) is 0 Å². The number of likely N-dealkylation sites (tertiary alicyclic amines) is 1. The van der Waals surface area contributed by atoms with Crippen LogP contribution in [-0.2, 0) is 0 Å². The molecule has 1 aliphatic rings. The molecule has 0 unspecified atom stereocenters. The first-order valence-corrected chi connectivity index (χ1v) is 8.73. The van der Waals surface area contributed by atoms with Crippen molar-refractivity contribution < 1.29 is 14.6 Å². The van der Waals surface area contributed by atoms with E-state index in [4.69, 9.17) is 4.74 Å². The van der Waals surface area contributed by atoms with Crippen molar-refractivity contribution in [2.75, 3.05) is 32.6 Å². The Bertz CT molecular complexity index is 738. The molecule has 0 spiro atoms. The number of carbonyl (C=O) groups is 1. The molecule has 3 rings (SSSR count). The Balaban J connectivity index is 1.79. The number of aliphatic hydroxyl groups excluding tert-OH is 1. The molecule has 0 saturated carbocycles. The first kappa shape index (κ1) is 18.2. The molecular formula is C20H25N3O3. The van der Waals surface area contributed by atoms with Crippen molar-refractivity contribution in [3.05, 3.63) is 60.2 Å². The third kappa shape index (κ3) is 3.52. The summed E-state index contributed by atoms with van der Waals surface area (Å²) in [5.74, 6) is 0.781. The predicted octanol–water partition coefficient (Wildman–Crippen LogP) is 2.28. The summed E-state index contributed by atoms with van der Waals surface area (Å²) in [6, 6.07) is 16.8. The highest BCUT2D eigenvalue weighted by Gasteiger charge is 2.50. The molecule has 3 N–H and O–H groups in total. The number of anilines is 1. The summed E-state index contributed by atoms with van der Waals surface area (Å²) in [4.78, 5) is 14.6.